The van der Waals surface area contributed by atoms with Gasteiger partial charge in [-0.3, -0.25) is 4.79 Å². The zero-order chi connectivity index (χ0) is 14.4. The number of amides is 1. The summed E-state index contributed by atoms with van der Waals surface area (Å²) < 4.78 is 0. The number of aliphatic hydroxyl groups is 1. The number of nitrogens with one attached hydrogen (secondary N) is 2. The zero-order valence-electron chi connectivity index (χ0n) is 11.9. The summed E-state index contributed by atoms with van der Waals surface area (Å²) in [5.41, 5.74) is 2.40. The Morgan fingerprint density at radius 1 is 1.40 bits per heavy atom. The van der Waals surface area contributed by atoms with Gasteiger partial charge in [-0.25, -0.2) is 0 Å². The monoisotopic (exact) mass is 274 g/mol. The number of carbonyl (C=O) groups excluding carboxylic acids is 1. The lowest BCUT2D eigenvalue weighted by atomic mass is 10.1. The predicted octanol–water partition coefficient (Wildman–Crippen LogP) is 2.38. The summed E-state index contributed by atoms with van der Waals surface area (Å²) in [4.78, 5) is 14.9. The molecule has 0 aliphatic carbocycles. The maximum absolute atomic E-state index is 11.6. The van der Waals surface area contributed by atoms with E-state index < -0.39 is 0 Å². The van der Waals surface area contributed by atoms with Crippen molar-refractivity contribution in [3.63, 3.8) is 0 Å². The Morgan fingerprint density at radius 3 is 3.00 bits per heavy atom. The lowest BCUT2D eigenvalue weighted by Crippen LogP contribution is -2.26. The van der Waals surface area contributed by atoms with E-state index in [1.54, 1.807) is 6.92 Å². The largest absolute Gasteiger partial charge is 0.393 e. The van der Waals surface area contributed by atoms with E-state index >= 15 is 0 Å². The Balaban J connectivity index is 1.74. The van der Waals surface area contributed by atoms with Crippen LogP contribution in [0.1, 0.15) is 31.7 Å². The van der Waals surface area contributed by atoms with E-state index in [4.69, 9.17) is 5.11 Å². The molecule has 0 aliphatic heterocycles. The number of hydrogen-bond acceptors (Lipinski definition) is 2. The van der Waals surface area contributed by atoms with Crippen LogP contribution in [0.15, 0.2) is 30.5 Å². The third-order valence-electron chi connectivity index (χ3n) is 3.41. The van der Waals surface area contributed by atoms with Gasteiger partial charge in [0.15, 0.2) is 0 Å². The normalized spacial score (nSPS) is 12.5. The van der Waals surface area contributed by atoms with E-state index in [1.165, 1.54) is 10.9 Å². The molecular weight excluding hydrogens is 252 g/mol. The van der Waals surface area contributed by atoms with Gasteiger partial charge in [-0.1, -0.05) is 18.2 Å². The minimum absolute atomic E-state index is 0.0606. The van der Waals surface area contributed by atoms with Crippen molar-refractivity contribution in [2.75, 3.05) is 6.54 Å². The van der Waals surface area contributed by atoms with Gasteiger partial charge in [0, 0.05) is 30.1 Å². The number of aliphatic hydroxyl groups excluding tert-OH is 1. The third kappa shape index (κ3) is 4.10. The molecule has 1 heterocycles. The van der Waals surface area contributed by atoms with E-state index in [-0.39, 0.29) is 12.0 Å². The van der Waals surface area contributed by atoms with E-state index in [0.29, 0.717) is 19.4 Å². The Hall–Kier alpha value is -1.81. The Bertz CT molecular complexity index is 560. The summed E-state index contributed by atoms with van der Waals surface area (Å²) in [5, 5.41) is 13.2. The molecule has 1 aromatic heterocycles. The molecule has 0 aliphatic rings. The van der Waals surface area contributed by atoms with Crippen LogP contribution >= 0.6 is 0 Å². The average molecular weight is 274 g/mol. The summed E-state index contributed by atoms with van der Waals surface area (Å²) in [6.07, 6.45) is 4.53. The molecule has 0 saturated carbocycles. The molecular formula is C16H22N2O2. The molecule has 0 radical (unpaired) electrons. The molecule has 0 bridgehead atoms. The van der Waals surface area contributed by atoms with Crippen LogP contribution in [0.5, 0.6) is 0 Å². The first-order valence-electron chi connectivity index (χ1n) is 7.16. The summed E-state index contributed by atoms with van der Waals surface area (Å²) in [7, 11) is 0. The molecule has 1 aromatic carbocycles. The minimum atomic E-state index is -0.360. The molecule has 0 fully saturated rings. The Labute approximate surface area is 119 Å². The summed E-state index contributed by atoms with van der Waals surface area (Å²) >= 11 is 0. The highest BCUT2D eigenvalue weighted by Gasteiger charge is 2.05. The number of aromatic nitrogens is 1. The number of fused-ring (bicyclic) bond motifs is 1. The number of carbonyl (C=O) groups is 1. The maximum atomic E-state index is 11.6. The van der Waals surface area contributed by atoms with E-state index in [9.17, 15) is 4.79 Å². The van der Waals surface area contributed by atoms with Crippen LogP contribution in [0, 0.1) is 0 Å². The number of H-pyrrole nitrogens is 1. The number of para-hydroxylation sites is 1. The topological polar surface area (TPSA) is 65.1 Å². The fourth-order valence-corrected chi connectivity index (χ4v) is 2.29. The van der Waals surface area contributed by atoms with Crippen LogP contribution in [-0.2, 0) is 11.2 Å². The third-order valence-corrected chi connectivity index (χ3v) is 3.41. The second-order valence-corrected chi connectivity index (χ2v) is 5.20. The first-order valence-corrected chi connectivity index (χ1v) is 7.16. The summed E-state index contributed by atoms with van der Waals surface area (Å²) in [6, 6.07) is 8.20. The molecule has 2 rings (SSSR count). The van der Waals surface area contributed by atoms with Gasteiger partial charge in [-0.05, 0) is 37.8 Å². The van der Waals surface area contributed by atoms with Crippen LogP contribution in [0.3, 0.4) is 0 Å². The van der Waals surface area contributed by atoms with E-state index in [0.717, 1.165) is 18.4 Å². The van der Waals surface area contributed by atoms with Crippen molar-refractivity contribution >= 4 is 16.8 Å². The second-order valence-electron chi connectivity index (χ2n) is 5.20. The zero-order valence-corrected chi connectivity index (χ0v) is 11.9. The van der Waals surface area contributed by atoms with Gasteiger partial charge in [-0.2, -0.15) is 0 Å². The van der Waals surface area contributed by atoms with Gasteiger partial charge in [-0.15, -0.1) is 0 Å². The minimum Gasteiger partial charge on any atom is -0.393 e. The van der Waals surface area contributed by atoms with Crippen molar-refractivity contribution < 1.29 is 9.90 Å². The van der Waals surface area contributed by atoms with Gasteiger partial charge in [0.05, 0.1) is 6.10 Å². The predicted molar refractivity (Wildman–Crippen MR) is 80.5 cm³/mol. The highest BCUT2D eigenvalue weighted by molar-refractivity contribution is 5.83. The first-order chi connectivity index (χ1) is 9.66. The van der Waals surface area contributed by atoms with Gasteiger partial charge >= 0.3 is 0 Å². The van der Waals surface area contributed by atoms with E-state index in [2.05, 4.69) is 22.4 Å². The molecule has 20 heavy (non-hydrogen) atoms. The summed E-state index contributed by atoms with van der Waals surface area (Å²) in [6.45, 7) is 2.27. The number of rotatable bonds is 7. The Kier molecular flexibility index (Phi) is 5.18. The van der Waals surface area contributed by atoms with Gasteiger partial charge in [0.1, 0.15) is 0 Å². The number of aryl methyl sites for hydroxylation is 1. The van der Waals surface area contributed by atoms with Crippen molar-refractivity contribution in [3.8, 4) is 0 Å². The van der Waals surface area contributed by atoms with E-state index in [1.807, 2.05) is 18.3 Å². The fraction of sp³-hybridized carbons (Fsp3) is 0.438. The lowest BCUT2D eigenvalue weighted by molar-refractivity contribution is -0.121. The van der Waals surface area contributed by atoms with Crippen molar-refractivity contribution in [2.45, 2.75) is 38.7 Å². The summed E-state index contributed by atoms with van der Waals surface area (Å²) in [5.74, 6) is 0.0606. The Morgan fingerprint density at radius 2 is 2.20 bits per heavy atom. The maximum Gasteiger partial charge on any atom is 0.220 e. The van der Waals surface area contributed by atoms with Gasteiger partial charge in [0.25, 0.3) is 0 Å². The van der Waals surface area contributed by atoms with Gasteiger partial charge < -0.3 is 15.4 Å². The lowest BCUT2D eigenvalue weighted by Gasteiger charge is -2.06. The molecule has 4 nitrogen and oxygen atoms in total. The molecule has 0 saturated heterocycles. The molecule has 4 heteroatoms. The quantitative estimate of drug-likeness (QED) is 0.725. The molecule has 1 amide bonds. The smallest absolute Gasteiger partial charge is 0.220 e. The molecule has 0 spiro atoms. The number of benzene rings is 1. The molecule has 3 N–H and O–H groups in total. The standard InChI is InChI=1S/C16H22N2O2/c1-12(19)9-10-17-16(20)8-4-5-13-11-18-15-7-3-2-6-14(13)15/h2-3,6-7,11-12,18-19H,4-5,8-10H2,1H3,(H,17,20). The second kappa shape index (κ2) is 7.10. The highest BCUT2D eigenvalue weighted by Crippen LogP contribution is 2.19. The van der Waals surface area contributed by atoms with Crippen molar-refractivity contribution in [2.24, 2.45) is 0 Å². The fourth-order valence-electron chi connectivity index (χ4n) is 2.29. The number of aromatic amines is 1. The van der Waals surface area contributed by atoms with Crippen LogP contribution in [0.2, 0.25) is 0 Å². The first kappa shape index (κ1) is 14.6. The SMILES string of the molecule is CC(O)CCNC(=O)CCCc1c[nH]c2ccccc12. The van der Waals surface area contributed by atoms with Crippen LogP contribution < -0.4 is 5.32 Å². The molecule has 1 atom stereocenters. The van der Waals surface area contributed by atoms with Gasteiger partial charge in [0.2, 0.25) is 5.91 Å². The highest BCUT2D eigenvalue weighted by atomic mass is 16.3. The molecule has 1 unspecified atom stereocenters. The van der Waals surface area contributed by atoms with Crippen molar-refractivity contribution in [3.05, 3.63) is 36.0 Å². The molecule has 2 aromatic rings. The van der Waals surface area contributed by atoms with Crippen LogP contribution in [-0.4, -0.2) is 28.6 Å². The van der Waals surface area contributed by atoms with Crippen molar-refractivity contribution in [1.82, 2.24) is 10.3 Å². The average Bonchev–Trinajstić information content (AvgIpc) is 2.82. The molecule has 108 valence electrons. The van der Waals surface area contributed by atoms with Crippen LogP contribution in [0.25, 0.3) is 10.9 Å². The number of hydrogen-bond donors (Lipinski definition) is 3. The van der Waals surface area contributed by atoms with Crippen LogP contribution in [0.4, 0.5) is 0 Å². The van der Waals surface area contributed by atoms with Crippen molar-refractivity contribution in [1.29, 1.82) is 0 Å².